The maximum absolute atomic E-state index is 12.0. The second kappa shape index (κ2) is 7.26. The average molecular weight is 312 g/mol. The molecule has 0 spiro atoms. The third-order valence-electron chi connectivity index (χ3n) is 3.42. The number of hydrogen-bond acceptors (Lipinski definition) is 6. The molecule has 2 aliphatic rings. The van der Waals surface area contributed by atoms with E-state index in [2.05, 4.69) is 10.6 Å². The first-order valence-electron chi connectivity index (χ1n) is 7.28. The summed E-state index contributed by atoms with van der Waals surface area (Å²) in [5.74, 6) is -1.04. The highest BCUT2D eigenvalue weighted by Crippen LogP contribution is 2.17. The van der Waals surface area contributed by atoms with Gasteiger partial charge in [0.15, 0.2) is 6.10 Å². The fourth-order valence-corrected chi connectivity index (χ4v) is 2.39. The van der Waals surface area contributed by atoms with Crippen molar-refractivity contribution in [3.05, 3.63) is 11.3 Å². The number of esters is 2. The number of carbonyl (C=O) groups excluding carboxylic acids is 3. The minimum Gasteiger partial charge on any atom is -0.463 e. The molecule has 122 valence electrons. The van der Waals surface area contributed by atoms with E-state index >= 15 is 0 Å². The summed E-state index contributed by atoms with van der Waals surface area (Å²) in [5.41, 5.74) is 0.489. The van der Waals surface area contributed by atoms with Crippen LogP contribution in [0.5, 0.6) is 0 Å². The number of ether oxygens (including phenoxy) is 3. The van der Waals surface area contributed by atoms with Gasteiger partial charge >= 0.3 is 18.0 Å². The Morgan fingerprint density at radius 2 is 2.14 bits per heavy atom. The molecule has 0 aromatic rings. The predicted octanol–water partition coefficient (Wildman–Crippen LogP) is 0.227. The first-order valence-corrected chi connectivity index (χ1v) is 7.28. The average Bonchev–Trinajstić information content (AvgIpc) is 2.98. The van der Waals surface area contributed by atoms with Crippen LogP contribution in [-0.4, -0.2) is 49.9 Å². The minimum absolute atomic E-state index is 0.204. The molecule has 22 heavy (non-hydrogen) atoms. The molecule has 2 aliphatic heterocycles. The molecule has 2 atom stereocenters. The van der Waals surface area contributed by atoms with E-state index in [4.69, 9.17) is 14.2 Å². The Labute approximate surface area is 128 Å². The van der Waals surface area contributed by atoms with E-state index in [1.807, 2.05) is 0 Å². The van der Waals surface area contributed by atoms with Crippen LogP contribution in [0.1, 0.15) is 26.7 Å². The zero-order valence-electron chi connectivity index (χ0n) is 12.6. The Bertz CT molecular complexity index is 496. The van der Waals surface area contributed by atoms with Gasteiger partial charge < -0.3 is 24.8 Å². The summed E-state index contributed by atoms with van der Waals surface area (Å²) in [5, 5.41) is 5.06. The summed E-state index contributed by atoms with van der Waals surface area (Å²) in [6.45, 7) is 3.90. The van der Waals surface area contributed by atoms with Gasteiger partial charge in [0.1, 0.15) is 6.61 Å². The molecule has 2 rings (SSSR count). The van der Waals surface area contributed by atoms with Gasteiger partial charge in [-0.05, 0) is 26.7 Å². The summed E-state index contributed by atoms with van der Waals surface area (Å²) >= 11 is 0. The van der Waals surface area contributed by atoms with Crippen molar-refractivity contribution in [2.75, 3.05) is 19.8 Å². The van der Waals surface area contributed by atoms with Crippen molar-refractivity contribution in [2.45, 2.75) is 38.8 Å². The van der Waals surface area contributed by atoms with Crippen LogP contribution in [0.3, 0.4) is 0 Å². The molecule has 1 saturated heterocycles. The van der Waals surface area contributed by atoms with Gasteiger partial charge in [-0.15, -0.1) is 0 Å². The molecule has 2 unspecified atom stereocenters. The predicted molar refractivity (Wildman–Crippen MR) is 74.7 cm³/mol. The van der Waals surface area contributed by atoms with Crippen molar-refractivity contribution in [3.63, 3.8) is 0 Å². The van der Waals surface area contributed by atoms with Crippen LogP contribution in [0.2, 0.25) is 0 Å². The Hall–Kier alpha value is -2.09. The van der Waals surface area contributed by atoms with Crippen molar-refractivity contribution < 1.29 is 28.6 Å². The topological polar surface area (TPSA) is 103 Å². The molecule has 0 aromatic carbocycles. The summed E-state index contributed by atoms with van der Waals surface area (Å²) in [4.78, 5) is 35.4. The molecule has 0 saturated carbocycles. The second-order valence-corrected chi connectivity index (χ2v) is 5.04. The summed E-state index contributed by atoms with van der Waals surface area (Å²) in [7, 11) is 0. The van der Waals surface area contributed by atoms with Crippen molar-refractivity contribution in [1.29, 1.82) is 0 Å². The Kier molecular flexibility index (Phi) is 5.37. The molecule has 0 aliphatic carbocycles. The van der Waals surface area contributed by atoms with Crippen LogP contribution in [0.25, 0.3) is 0 Å². The van der Waals surface area contributed by atoms with E-state index < -0.39 is 30.1 Å². The highest BCUT2D eigenvalue weighted by atomic mass is 16.6. The Morgan fingerprint density at radius 1 is 1.36 bits per heavy atom. The SMILES string of the molecule is CCOC(=O)C1=C(COC(=O)C2CCCO2)NC(=O)NC1C. The van der Waals surface area contributed by atoms with E-state index in [0.717, 1.165) is 6.42 Å². The van der Waals surface area contributed by atoms with Gasteiger partial charge in [0.2, 0.25) is 0 Å². The molecule has 2 N–H and O–H groups in total. The first-order chi connectivity index (χ1) is 10.5. The zero-order valence-corrected chi connectivity index (χ0v) is 12.6. The third-order valence-corrected chi connectivity index (χ3v) is 3.42. The fourth-order valence-electron chi connectivity index (χ4n) is 2.39. The molecule has 2 heterocycles. The van der Waals surface area contributed by atoms with Crippen molar-refractivity contribution in [2.24, 2.45) is 0 Å². The fraction of sp³-hybridized carbons (Fsp3) is 0.643. The number of amides is 2. The van der Waals surface area contributed by atoms with E-state index in [1.54, 1.807) is 13.8 Å². The zero-order chi connectivity index (χ0) is 16.1. The van der Waals surface area contributed by atoms with Crippen molar-refractivity contribution in [1.82, 2.24) is 10.6 Å². The van der Waals surface area contributed by atoms with E-state index in [9.17, 15) is 14.4 Å². The largest absolute Gasteiger partial charge is 0.463 e. The Balaban J connectivity index is 2.07. The lowest BCUT2D eigenvalue weighted by Crippen LogP contribution is -2.50. The van der Waals surface area contributed by atoms with Gasteiger partial charge in [0.05, 0.1) is 23.9 Å². The number of rotatable bonds is 5. The molecular weight excluding hydrogens is 292 g/mol. The maximum Gasteiger partial charge on any atom is 0.338 e. The highest BCUT2D eigenvalue weighted by molar-refractivity contribution is 5.94. The molecule has 0 aromatic heterocycles. The molecule has 0 radical (unpaired) electrons. The lowest BCUT2D eigenvalue weighted by atomic mass is 10.0. The highest BCUT2D eigenvalue weighted by Gasteiger charge is 2.31. The summed E-state index contributed by atoms with van der Waals surface area (Å²) in [6, 6.07) is -0.979. The summed E-state index contributed by atoms with van der Waals surface area (Å²) < 4.78 is 15.3. The Morgan fingerprint density at radius 3 is 2.77 bits per heavy atom. The summed E-state index contributed by atoms with van der Waals surface area (Å²) in [6.07, 6.45) is 0.864. The van der Waals surface area contributed by atoms with Crippen LogP contribution >= 0.6 is 0 Å². The van der Waals surface area contributed by atoms with Gasteiger partial charge in [0, 0.05) is 6.61 Å². The number of nitrogens with one attached hydrogen (secondary N) is 2. The van der Waals surface area contributed by atoms with Crippen LogP contribution in [0.15, 0.2) is 11.3 Å². The monoisotopic (exact) mass is 312 g/mol. The van der Waals surface area contributed by atoms with Crippen LogP contribution < -0.4 is 10.6 Å². The third kappa shape index (κ3) is 3.76. The van der Waals surface area contributed by atoms with Gasteiger partial charge in [-0.3, -0.25) is 0 Å². The van der Waals surface area contributed by atoms with Gasteiger partial charge in [0.25, 0.3) is 0 Å². The molecule has 8 heteroatoms. The van der Waals surface area contributed by atoms with Gasteiger partial charge in [-0.2, -0.15) is 0 Å². The minimum atomic E-state index is -0.568. The molecule has 0 bridgehead atoms. The number of hydrogen-bond donors (Lipinski definition) is 2. The van der Waals surface area contributed by atoms with Crippen molar-refractivity contribution >= 4 is 18.0 Å². The smallest absolute Gasteiger partial charge is 0.338 e. The number of carbonyl (C=O) groups is 3. The lowest BCUT2D eigenvalue weighted by molar-refractivity contribution is -0.153. The number of urea groups is 1. The second-order valence-electron chi connectivity index (χ2n) is 5.04. The van der Waals surface area contributed by atoms with Crippen LogP contribution in [-0.2, 0) is 23.8 Å². The van der Waals surface area contributed by atoms with Crippen LogP contribution in [0.4, 0.5) is 4.79 Å². The van der Waals surface area contributed by atoms with Gasteiger partial charge in [-0.1, -0.05) is 0 Å². The standard InChI is InChI=1S/C14H20N2O6/c1-3-20-13(18)11-8(2)15-14(19)16-9(11)7-22-12(17)10-5-4-6-21-10/h8,10H,3-7H2,1-2H3,(H2,15,16,19). The molecule has 2 amide bonds. The van der Waals surface area contributed by atoms with E-state index in [-0.39, 0.29) is 24.5 Å². The van der Waals surface area contributed by atoms with Crippen LogP contribution in [0, 0.1) is 0 Å². The first kappa shape index (κ1) is 16.3. The molecule has 8 nitrogen and oxygen atoms in total. The molecular formula is C14H20N2O6. The van der Waals surface area contributed by atoms with E-state index in [1.165, 1.54) is 0 Å². The van der Waals surface area contributed by atoms with Crippen molar-refractivity contribution in [3.8, 4) is 0 Å². The van der Waals surface area contributed by atoms with E-state index in [0.29, 0.717) is 13.0 Å². The maximum atomic E-state index is 12.0. The lowest BCUT2D eigenvalue weighted by Gasteiger charge is -2.26. The van der Waals surface area contributed by atoms with Gasteiger partial charge in [-0.25, -0.2) is 14.4 Å². The normalized spacial score (nSPS) is 24.5. The molecule has 1 fully saturated rings. The quantitative estimate of drug-likeness (QED) is 0.704.